The fraction of sp³-hybridized carbons (Fsp3) is 0.800. The summed E-state index contributed by atoms with van der Waals surface area (Å²) < 4.78 is 2.02. The summed E-state index contributed by atoms with van der Waals surface area (Å²) in [5.74, 6) is 1.64. The van der Waals surface area contributed by atoms with Gasteiger partial charge in [0.05, 0.1) is 0 Å². The average Bonchev–Trinajstić information content (AvgIpc) is 2.70. The van der Waals surface area contributed by atoms with E-state index in [1.807, 2.05) is 4.68 Å². The standard InChI is InChI=1S/C10H18N4/c1-7(2)14-10(12-6-13-14)8-3-4-9(11)5-8/h6-9H,3-5,11H2,1-2H3. The third-order valence-electron chi connectivity index (χ3n) is 2.93. The molecule has 1 aliphatic rings. The molecule has 0 spiro atoms. The van der Waals surface area contributed by atoms with Gasteiger partial charge in [0.25, 0.3) is 0 Å². The van der Waals surface area contributed by atoms with Crippen LogP contribution in [0.15, 0.2) is 6.33 Å². The zero-order valence-corrected chi connectivity index (χ0v) is 8.85. The predicted molar refractivity (Wildman–Crippen MR) is 55.0 cm³/mol. The van der Waals surface area contributed by atoms with Gasteiger partial charge in [-0.05, 0) is 33.1 Å². The van der Waals surface area contributed by atoms with E-state index in [9.17, 15) is 0 Å². The highest BCUT2D eigenvalue weighted by atomic mass is 15.3. The van der Waals surface area contributed by atoms with E-state index in [-0.39, 0.29) is 0 Å². The second kappa shape index (κ2) is 3.69. The summed E-state index contributed by atoms with van der Waals surface area (Å²) in [6, 6.07) is 0.752. The largest absolute Gasteiger partial charge is 0.328 e. The molecule has 0 bridgehead atoms. The van der Waals surface area contributed by atoms with Crippen molar-refractivity contribution in [3.8, 4) is 0 Å². The van der Waals surface area contributed by atoms with E-state index in [4.69, 9.17) is 5.73 Å². The van der Waals surface area contributed by atoms with Gasteiger partial charge in [0, 0.05) is 18.0 Å². The average molecular weight is 194 g/mol. The van der Waals surface area contributed by atoms with Crippen molar-refractivity contribution >= 4 is 0 Å². The lowest BCUT2D eigenvalue weighted by Gasteiger charge is -2.13. The monoisotopic (exact) mass is 194 g/mol. The molecular formula is C10H18N4. The molecule has 1 saturated carbocycles. The first kappa shape index (κ1) is 9.65. The lowest BCUT2D eigenvalue weighted by Crippen LogP contribution is -2.16. The zero-order chi connectivity index (χ0) is 10.1. The molecule has 2 N–H and O–H groups in total. The third-order valence-corrected chi connectivity index (χ3v) is 2.93. The molecule has 2 rings (SSSR count). The highest BCUT2D eigenvalue weighted by molar-refractivity contribution is 5.01. The van der Waals surface area contributed by atoms with Crippen LogP contribution in [0, 0.1) is 0 Å². The van der Waals surface area contributed by atoms with Gasteiger partial charge in [-0.1, -0.05) is 0 Å². The van der Waals surface area contributed by atoms with E-state index in [2.05, 4.69) is 23.9 Å². The Morgan fingerprint density at radius 1 is 1.50 bits per heavy atom. The van der Waals surface area contributed by atoms with Crippen LogP contribution >= 0.6 is 0 Å². The van der Waals surface area contributed by atoms with E-state index in [1.54, 1.807) is 6.33 Å². The van der Waals surface area contributed by atoms with Crippen molar-refractivity contribution in [1.29, 1.82) is 0 Å². The molecule has 4 nitrogen and oxygen atoms in total. The van der Waals surface area contributed by atoms with Crippen molar-refractivity contribution in [2.45, 2.75) is 51.1 Å². The van der Waals surface area contributed by atoms with Gasteiger partial charge in [0.2, 0.25) is 0 Å². The van der Waals surface area contributed by atoms with Crippen molar-refractivity contribution in [2.75, 3.05) is 0 Å². The summed E-state index contributed by atoms with van der Waals surface area (Å²) in [6.45, 7) is 4.26. The molecule has 1 aromatic rings. The summed E-state index contributed by atoms with van der Waals surface area (Å²) in [6.07, 6.45) is 4.99. The van der Waals surface area contributed by atoms with Crippen LogP contribution in [-0.4, -0.2) is 20.8 Å². The predicted octanol–water partition coefficient (Wildman–Crippen LogP) is 1.45. The SMILES string of the molecule is CC(C)n1ncnc1C1CCC(N)C1. The Morgan fingerprint density at radius 2 is 2.29 bits per heavy atom. The van der Waals surface area contributed by atoms with Crippen molar-refractivity contribution in [2.24, 2.45) is 5.73 Å². The minimum Gasteiger partial charge on any atom is -0.328 e. The number of rotatable bonds is 2. The van der Waals surface area contributed by atoms with Gasteiger partial charge in [-0.15, -0.1) is 0 Å². The van der Waals surface area contributed by atoms with Crippen LogP contribution < -0.4 is 5.73 Å². The highest BCUT2D eigenvalue weighted by Gasteiger charge is 2.27. The highest BCUT2D eigenvalue weighted by Crippen LogP contribution is 2.32. The zero-order valence-electron chi connectivity index (χ0n) is 8.85. The van der Waals surface area contributed by atoms with Crippen LogP contribution in [-0.2, 0) is 0 Å². The summed E-state index contributed by atoms with van der Waals surface area (Å²) in [4.78, 5) is 4.35. The third kappa shape index (κ3) is 1.66. The molecule has 2 unspecified atom stereocenters. The molecule has 0 aliphatic heterocycles. The number of nitrogens with zero attached hydrogens (tertiary/aromatic N) is 3. The van der Waals surface area contributed by atoms with E-state index in [0.717, 1.165) is 25.1 Å². The maximum Gasteiger partial charge on any atom is 0.138 e. The van der Waals surface area contributed by atoms with Crippen molar-refractivity contribution in [3.05, 3.63) is 12.2 Å². The van der Waals surface area contributed by atoms with E-state index >= 15 is 0 Å². The fourth-order valence-electron chi connectivity index (χ4n) is 2.20. The number of hydrogen-bond acceptors (Lipinski definition) is 3. The molecule has 0 aromatic carbocycles. The van der Waals surface area contributed by atoms with Crippen LogP contribution in [0.3, 0.4) is 0 Å². The summed E-state index contributed by atoms with van der Waals surface area (Å²) in [7, 11) is 0. The molecule has 2 atom stereocenters. The van der Waals surface area contributed by atoms with Crippen LogP contribution in [0.25, 0.3) is 0 Å². The summed E-state index contributed by atoms with van der Waals surface area (Å²) in [5, 5.41) is 4.25. The first-order valence-corrected chi connectivity index (χ1v) is 5.33. The first-order valence-electron chi connectivity index (χ1n) is 5.33. The molecule has 1 aromatic heterocycles. The Labute approximate surface area is 84.5 Å². The Morgan fingerprint density at radius 3 is 2.86 bits per heavy atom. The normalized spacial score (nSPS) is 27.4. The minimum absolute atomic E-state index is 0.359. The molecule has 0 saturated heterocycles. The smallest absolute Gasteiger partial charge is 0.138 e. The van der Waals surface area contributed by atoms with Crippen LogP contribution in [0.2, 0.25) is 0 Å². The lowest BCUT2D eigenvalue weighted by molar-refractivity contribution is 0.477. The molecule has 4 heteroatoms. The number of nitrogens with two attached hydrogens (primary N) is 1. The van der Waals surface area contributed by atoms with Gasteiger partial charge in [0.1, 0.15) is 12.2 Å². The molecule has 14 heavy (non-hydrogen) atoms. The van der Waals surface area contributed by atoms with E-state index < -0.39 is 0 Å². The second-order valence-electron chi connectivity index (χ2n) is 4.43. The topological polar surface area (TPSA) is 56.7 Å². The van der Waals surface area contributed by atoms with Crippen molar-refractivity contribution < 1.29 is 0 Å². The van der Waals surface area contributed by atoms with E-state index in [1.165, 1.54) is 0 Å². The maximum absolute atomic E-state index is 5.90. The van der Waals surface area contributed by atoms with Gasteiger partial charge >= 0.3 is 0 Å². The number of aromatic nitrogens is 3. The molecule has 1 aliphatic carbocycles. The van der Waals surface area contributed by atoms with Gasteiger partial charge in [-0.3, -0.25) is 0 Å². The number of hydrogen-bond donors (Lipinski definition) is 1. The van der Waals surface area contributed by atoms with Gasteiger partial charge < -0.3 is 5.73 Å². The summed E-state index contributed by atoms with van der Waals surface area (Å²) >= 11 is 0. The van der Waals surface area contributed by atoms with Gasteiger partial charge in [-0.2, -0.15) is 5.10 Å². The first-order chi connectivity index (χ1) is 6.68. The van der Waals surface area contributed by atoms with Crippen LogP contribution in [0.1, 0.15) is 50.9 Å². The van der Waals surface area contributed by atoms with Crippen LogP contribution in [0.5, 0.6) is 0 Å². The van der Waals surface area contributed by atoms with E-state index in [0.29, 0.717) is 18.0 Å². The Balaban J connectivity index is 2.19. The lowest BCUT2D eigenvalue weighted by atomic mass is 10.1. The molecule has 1 heterocycles. The maximum atomic E-state index is 5.90. The minimum atomic E-state index is 0.359. The summed E-state index contributed by atoms with van der Waals surface area (Å²) in [5.41, 5.74) is 5.90. The fourth-order valence-corrected chi connectivity index (χ4v) is 2.20. The van der Waals surface area contributed by atoms with Gasteiger partial charge in [-0.25, -0.2) is 9.67 Å². The Bertz CT molecular complexity index is 305. The second-order valence-corrected chi connectivity index (χ2v) is 4.43. The molecule has 0 amide bonds. The van der Waals surface area contributed by atoms with Crippen molar-refractivity contribution in [1.82, 2.24) is 14.8 Å². The van der Waals surface area contributed by atoms with Crippen molar-refractivity contribution in [3.63, 3.8) is 0 Å². The molecule has 0 radical (unpaired) electrons. The van der Waals surface area contributed by atoms with Crippen LogP contribution in [0.4, 0.5) is 0 Å². The Hall–Kier alpha value is -0.900. The molecule has 78 valence electrons. The Kier molecular flexibility index (Phi) is 2.54. The molecular weight excluding hydrogens is 176 g/mol. The molecule has 1 fully saturated rings. The van der Waals surface area contributed by atoms with Gasteiger partial charge in [0.15, 0.2) is 0 Å². The quantitative estimate of drug-likeness (QED) is 0.775.